The monoisotopic (exact) mass is 234 g/mol. The van der Waals surface area contributed by atoms with Crippen molar-refractivity contribution in [2.45, 2.75) is 32.1 Å². The second kappa shape index (κ2) is 8.52. The van der Waals surface area contributed by atoms with Gasteiger partial charge in [-0.25, -0.2) is 0 Å². The Hall–Kier alpha value is 1.42. The minimum absolute atomic E-state index is 0. The largest absolute Gasteiger partial charge is 2.00 e. The summed E-state index contributed by atoms with van der Waals surface area (Å²) in [6.07, 6.45) is 0.885. The molecule has 10 heavy (non-hydrogen) atoms. The third-order valence-electron chi connectivity index (χ3n) is 1.07. The van der Waals surface area contributed by atoms with Gasteiger partial charge in [0.2, 0.25) is 0 Å². The van der Waals surface area contributed by atoms with E-state index in [1.165, 1.54) is 6.04 Å². The summed E-state index contributed by atoms with van der Waals surface area (Å²) < 4.78 is 0. The summed E-state index contributed by atoms with van der Waals surface area (Å²) in [6.45, 7) is 7.00. The first kappa shape index (κ1) is 17.5. The summed E-state index contributed by atoms with van der Waals surface area (Å²) in [4.78, 5) is 0. The van der Waals surface area contributed by atoms with Crippen molar-refractivity contribution in [3.63, 3.8) is 0 Å². The molecule has 0 saturated heterocycles. The average Bonchev–Trinajstić information content (AvgIpc) is 1.59. The molecule has 58 valence electrons. The first-order valence-electron chi connectivity index (χ1n) is 3.14. The quantitative estimate of drug-likeness (QED) is 0.505. The van der Waals surface area contributed by atoms with Crippen LogP contribution in [-0.2, 0) is 0 Å². The molecule has 0 rings (SSSR count). The van der Waals surface area contributed by atoms with E-state index in [0.29, 0.717) is 0 Å². The van der Waals surface area contributed by atoms with Crippen molar-refractivity contribution in [1.82, 2.24) is 0 Å². The Balaban J connectivity index is -0.000000245. The maximum absolute atomic E-state index is 10.00. The Labute approximate surface area is 91.5 Å². The van der Waals surface area contributed by atoms with E-state index in [1.54, 1.807) is 0 Å². The Kier molecular flexibility index (Phi) is 14.9. The van der Waals surface area contributed by atoms with E-state index in [4.69, 9.17) is 0 Å². The summed E-state index contributed by atoms with van der Waals surface area (Å²) >= 11 is 0. The van der Waals surface area contributed by atoms with E-state index in [9.17, 15) is 5.11 Å². The van der Waals surface area contributed by atoms with Crippen LogP contribution in [0.2, 0.25) is 25.7 Å². The van der Waals surface area contributed by atoms with Crippen molar-refractivity contribution in [1.29, 1.82) is 0 Å². The summed E-state index contributed by atoms with van der Waals surface area (Å²) in [5.41, 5.74) is 0. The number of rotatable bonds is 3. The van der Waals surface area contributed by atoms with Crippen LogP contribution in [0.1, 0.15) is 6.42 Å². The van der Waals surface area contributed by atoms with Crippen LogP contribution in [0.25, 0.3) is 0 Å². The van der Waals surface area contributed by atoms with Crippen LogP contribution in [-0.4, -0.2) is 37.7 Å². The minimum atomic E-state index is -0.878. The molecule has 0 amide bonds. The molecule has 0 atom stereocenters. The zero-order valence-corrected chi connectivity index (χ0v) is 11.1. The fourth-order valence-electron chi connectivity index (χ4n) is 0.602. The van der Waals surface area contributed by atoms with Gasteiger partial charge in [-0.3, -0.25) is 0 Å². The van der Waals surface area contributed by atoms with Crippen LogP contribution in [0.4, 0.5) is 0 Å². The van der Waals surface area contributed by atoms with E-state index in [0.717, 1.165) is 6.42 Å². The molecule has 0 heterocycles. The van der Waals surface area contributed by atoms with Crippen LogP contribution < -0.4 is 22.1 Å². The van der Waals surface area contributed by atoms with Crippen LogP contribution in [0.3, 0.4) is 0 Å². The molecule has 0 aliphatic rings. The number of halogens is 1. The van der Waals surface area contributed by atoms with E-state index in [-0.39, 0.29) is 46.6 Å². The molecule has 0 aromatic carbocycles. The van der Waals surface area contributed by atoms with Crippen LogP contribution in [0.15, 0.2) is 0 Å². The maximum Gasteiger partial charge on any atom is 2.00 e. The fourth-order valence-corrected chi connectivity index (χ4v) is 1.81. The van der Waals surface area contributed by atoms with E-state index in [1.807, 2.05) is 0 Å². The second-order valence-corrected chi connectivity index (χ2v) is 8.99. The Bertz CT molecular complexity index is 65.3. The van der Waals surface area contributed by atoms with Gasteiger partial charge in [0.1, 0.15) is 0 Å². The predicted octanol–water partition coefficient (Wildman–Crippen LogP) is -2.30. The molecule has 0 aromatic rings. The van der Waals surface area contributed by atoms with Crippen molar-refractivity contribution in [3.8, 4) is 0 Å². The third-order valence-corrected chi connectivity index (χ3v) is 2.92. The summed E-state index contributed by atoms with van der Waals surface area (Å²) in [5.74, 6) is 0. The smallest absolute Gasteiger partial charge is 1.00 e. The minimum Gasteiger partial charge on any atom is -1.00 e. The molecule has 0 N–H and O–H groups in total. The standard InChI is InChI=1S/C6H15OSi.BrH.Mg/c1-8(2,3)6-4-5-7;;/h4-6H2,1-3H3;1H;/q-1;;+2/p-1. The Morgan fingerprint density at radius 1 is 1.20 bits per heavy atom. The van der Waals surface area contributed by atoms with Crippen molar-refractivity contribution in [2.75, 3.05) is 6.61 Å². The normalized spacial score (nSPS) is 9.60. The van der Waals surface area contributed by atoms with Crippen LogP contribution in [0.5, 0.6) is 0 Å². The predicted molar refractivity (Wildman–Crippen MR) is 43.4 cm³/mol. The molecule has 0 radical (unpaired) electrons. The molecule has 0 saturated carbocycles. The van der Waals surface area contributed by atoms with Gasteiger partial charge in [0, 0.05) is 8.07 Å². The van der Waals surface area contributed by atoms with Crippen molar-refractivity contribution < 1.29 is 22.1 Å². The molecule has 0 spiro atoms. The van der Waals surface area contributed by atoms with Crippen LogP contribution >= 0.6 is 0 Å². The molecule has 0 aliphatic carbocycles. The molecular formula is C6H15BrMgOSi. The third kappa shape index (κ3) is 16.2. The Morgan fingerprint density at radius 2 is 1.60 bits per heavy atom. The molecule has 0 fully saturated rings. The van der Waals surface area contributed by atoms with Gasteiger partial charge in [-0.05, 0) is 0 Å². The zero-order chi connectivity index (χ0) is 6.62. The van der Waals surface area contributed by atoms with Gasteiger partial charge >= 0.3 is 23.1 Å². The SMILES string of the molecule is C[Si](C)(C)CCC[O-].[Br-].[Mg+2]. The van der Waals surface area contributed by atoms with Crippen molar-refractivity contribution in [2.24, 2.45) is 0 Å². The van der Waals surface area contributed by atoms with E-state index in [2.05, 4.69) is 19.6 Å². The first-order valence-corrected chi connectivity index (χ1v) is 6.85. The molecule has 0 unspecified atom stereocenters. The van der Waals surface area contributed by atoms with Gasteiger partial charge in [-0.2, -0.15) is 0 Å². The van der Waals surface area contributed by atoms with Gasteiger partial charge in [-0.1, -0.05) is 32.1 Å². The van der Waals surface area contributed by atoms with Gasteiger partial charge in [0.05, 0.1) is 0 Å². The molecule has 0 bridgehead atoms. The number of hydrogen-bond donors (Lipinski definition) is 0. The second-order valence-electron chi connectivity index (χ2n) is 3.37. The Morgan fingerprint density at radius 3 is 1.70 bits per heavy atom. The topological polar surface area (TPSA) is 23.1 Å². The molecule has 4 heteroatoms. The van der Waals surface area contributed by atoms with Gasteiger partial charge in [0.15, 0.2) is 0 Å². The molecule has 0 aromatic heterocycles. The summed E-state index contributed by atoms with van der Waals surface area (Å²) in [6, 6.07) is 1.19. The molecule has 1 nitrogen and oxygen atoms in total. The summed E-state index contributed by atoms with van der Waals surface area (Å²) in [7, 11) is -0.878. The summed E-state index contributed by atoms with van der Waals surface area (Å²) in [5, 5.41) is 10.00. The maximum atomic E-state index is 10.00. The van der Waals surface area contributed by atoms with Crippen molar-refractivity contribution in [3.05, 3.63) is 0 Å². The van der Waals surface area contributed by atoms with Crippen molar-refractivity contribution >= 4 is 31.1 Å². The van der Waals surface area contributed by atoms with Gasteiger partial charge in [0.25, 0.3) is 0 Å². The fraction of sp³-hybridized carbons (Fsp3) is 1.00. The molecule has 0 aliphatic heterocycles. The number of hydrogen-bond acceptors (Lipinski definition) is 1. The average molecular weight is 235 g/mol. The van der Waals surface area contributed by atoms with Gasteiger partial charge < -0.3 is 22.1 Å². The van der Waals surface area contributed by atoms with Crippen LogP contribution in [0, 0.1) is 0 Å². The van der Waals surface area contributed by atoms with E-state index < -0.39 is 8.07 Å². The van der Waals surface area contributed by atoms with E-state index >= 15 is 0 Å². The van der Waals surface area contributed by atoms with Gasteiger partial charge in [-0.15, -0.1) is 6.61 Å². The zero-order valence-electron chi connectivity index (χ0n) is 7.11. The first-order chi connectivity index (χ1) is 3.56. The molecular weight excluding hydrogens is 220 g/mol.